The lowest BCUT2D eigenvalue weighted by Gasteiger charge is -2.05. The fourth-order valence-corrected chi connectivity index (χ4v) is 1.62. The van der Waals surface area contributed by atoms with Crippen LogP contribution in [-0.4, -0.2) is 10.1 Å². The van der Waals surface area contributed by atoms with Crippen LogP contribution in [0, 0.1) is 6.92 Å². The number of nitrogens with two attached hydrogens (primary N) is 1. The largest absolute Gasteiger partial charge is 0.506 e. The quantitative estimate of drug-likeness (QED) is 0.805. The van der Waals surface area contributed by atoms with Crippen molar-refractivity contribution in [3.63, 3.8) is 0 Å². The zero-order valence-corrected chi connectivity index (χ0v) is 9.14. The Morgan fingerprint density at radius 1 is 1.31 bits per heavy atom. The molecule has 0 atom stereocenters. The van der Waals surface area contributed by atoms with E-state index in [-0.39, 0.29) is 5.75 Å². The first-order valence-corrected chi connectivity index (χ1v) is 5.15. The third kappa shape index (κ3) is 2.04. The van der Waals surface area contributed by atoms with Crippen LogP contribution in [0.3, 0.4) is 0 Å². The van der Waals surface area contributed by atoms with Gasteiger partial charge in [-0.2, -0.15) is 0 Å². The lowest BCUT2D eigenvalue weighted by Crippen LogP contribution is -1.98. The van der Waals surface area contributed by atoms with Crippen LogP contribution in [0.2, 0.25) is 0 Å². The molecule has 0 amide bonds. The minimum Gasteiger partial charge on any atom is -0.506 e. The molecule has 0 bridgehead atoms. The van der Waals surface area contributed by atoms with Gasteiger partial charge in [0.1, 0.15) is 5.75 Å². The Kier molecular flexibility index (Phi) is 2.88. The van der Waals surface area contributed by atoms with Crippen LogP contribution in [0.25, 0.3) is 11.3 Å². The summed E-state index contributed by atoms with van der Waals surface area (Å²) in [6, 6.07) is 9.89. The molecule has 3 N–H and O–H groups in total. The normalized spacial score (nSPS) is 10.4. The van der Waals surface area contributed by atoms with Crippen LogP contribution in [0.1, 0.15) is 11.1 Å². The molecular weight excluding hydrogens is 200 g/mol. The summed E-state index contributed by atoms with van der Waals surface area (Å²) >= 11 is 0. The molecule has 0 aliphatic rings. The van der Waals surface area contributed by atoms with Crippen molar-refractivity contribution in [3.8, 4) is 17.0 Å². The van der Waals surface area contributed by atoms with Crippen LogP contribution in [0.4, 0.5) is 0 Å². The first kappa shape index (κ1) is 10.6. The molecule has 0 aliphatic heterocycles. The predicted molar refractivity (Wildman–Crippen MR) is 64.0 cm³/mol. The van der Waals surface area contributed by atoms with Crippen molar-refractivity contribution in [1.82, 2.24) is 4.98 Å². The van der Waals surface area contributed by atoms with Gasteiger partial charge in [0, 0.05) is 17.7 Å². The van der Waals surface area contributed by atoms with Gasteiger partial charge in [0.15, 0.2) is 0 Å². The molecule has 1 aromatic heterocycles. The highest BCUT2D eigenvalue weighted by atomic mass is 16.3. The third-order valence-electron chi connectivity index (χ3n) is 2.50. The van der Waals surface area contributed by atoms with Crippen molar-refractivity contribution in [1.29, 1.82) is 0 Å². The van der Waals surface area contributed by atoms with E-state index in [0.29, 0.717) is 12.1 Å². The van der Waals surface area contributed by atoms with Gasteiger partial charge in [-0.15, -0.1) is 0 Å². The van der Waals surface area contributed by atoms with E-state index in [4.69, 9.17) is 5.73 Å². The highest BCUT2D eigenvalue weighted by Gasteiger charge is 2.04. The second-order valence-corrected chi connectivity index (χ2v) is 3.77. The number of hydrogen-bond acceptors (Lipinski definition) is 3. The maximum atomic E-state index is 9.49. The summed E-state index contributed by atoms with van der Waals surface area (Å²) in [4.78, 5) is 4.19. The number of aryl methyl sites for hydroxylation is 1. The number of nitrogens with zero attached hydrogens (tertiary/aromatic N) is 1. The topological polar surface area (TPSA) is 59.1 Å². The summed E-state index contributed by atoms with van der Waals surface area (Å²) in [5.41, 5.74) is 9.31. The minimum atomic E-state index is 0.152. The first-order chi connectivity index (χ1) is 7.70. The fraction of sp³-hybridized carbons (Fsp3) is 0.154. The molecule has 0 saturated carbocycles. The average Bonchev–Trinajstić information content (AvgIpc) is 2.29. The van der Waals surface area contributed by atoms with E-state index in [1.165, 1.54) is 11.8 Å². The molecular formula is C13H14N2O. The maximum absolute atomic E-state index is 9.49. The van der Waals surface area contributed by atoms with Crippen molar-refractivity contribution >= 4 is 0 Å². The summed E-state index contributed by atoms with van der Waals surface area (Å²) in [6.07, 6.45) is 1.44. The Balaban J connectivity index is 2.48. The SMILES string of the molecule is Cc1cccc(-c2cc(CN)c(O)cn2)c1. The van der Waals surface area contributed by atoms with Gasteiger partial charge >= 0.3 is 0 Å². The van der Waals surface area contributed by atoms with Gasteiger partial charge in [-0.25, -0.2) is 0 Å². The number of hydrogen-bond donors (Lipinski definition) is 2. The molecule has 1 aromatic carbocycles. The van der Waals surface area contributed by atoms with Gasteiger partial charge in [0.25, 0.3) is 0 Å². The van der Waals surface area contributed by atoms with Crippen LogP contribution in [0.15, 0.2) is 36.5 Å². The summed E-state index contributed by atoms with van der Waals surface area (Å²) in [5, 5.41) is 9.49. The lowest BCUT2D eigenvalue weighted by molar-refractivity contribution is 0.466. The standard InChI is InChI=1S/C13H14N2O/c1-9-3-2-4-10(5-9)12-6-11(7-14)13(16)8-15-12/h2-6,8,16H,7,14H2,1H3. The van der Waals surface area contributed by atoms with E-state index in [2.05, 4.69) is 11.1 Å². The molecule has 0 spiro atoms. The molecule has 1 heterocycles. The highest BCUT2D eigenvalue weighted by molar-refractivity contribution is 5.61. The molecule has 0 unspecified atom stereocenters. The Morgan fingerprint density at radius 3 is 2.81 bits per heavy atom. The van der Waals surface area contributed by atoms with Crippen molar-refractivity contribution in [2.24, 2.45) is 5.73 Å². The zero-order chi connectivity index (χ0) is 11.5. The van der Waals surface area contributed by atoms with E-state index in [1.807, 2.05) is 31.2 Å². The second-order valence-electron chi connectivity index (χ2n) is 3.77. The van der Waals surface area contributed by atoms with Gasteiger partial charge in [0.05, 0.1) is 11.9 Å². The molecule has 2 rings (SSSR count). The van der Waals surface area contributed by atoms with E-state index in [1.54, 1.807) is 0 Å². The Labute approximate surface area is 94.6 Å². The van der Waals surface area contributed by atoms with E-state index < -0.39 is 0 Å². The second kappa shape index (κ2) is 4.33. The molecule has 0 radical (unpaired) electrons. The van der Waals surface area contributed by atoms with Crippen molar-refractivity contribution < 1.29 is 5.11 Å². The monoisotopic (exact) mass is 214 g/mol. The van der Waals surface area contributed by atoms with E-state index in [9.17, 15) is 5.11 Å². The lowest BCUT2D eigenvalue weighted by atomic mass is 10.1. The molecule has 16 heavy (non-hydrogen) atoms. The summed E-state index contributed by atoms with van der Waals surface area (Å²) in [5.74, 6) is 0.152. The van der Waals surface area contributed by atoms with Gasteiger partial charge < -0.3 is 10.8 Å². The maximum Gasteiger partial charge on any atom is 0.138 e. The molecule has 82 valence electrons. The van der Waals surface area contributed by atoms with E-state index >= 15 is 0 Å². The minimum absolute atomic E-state index is 0.152. The number of aromatic nitrogens is 1. The molecule has 2 aromatic rings. The van der Waals surface area contributed by atoms with E-state index in [0.717, 1.165) is 11.3 Å². The van der Waals surface area contributed by atoms with Gasteiger partial charge in [0.2, 0.25) is 0 Å². The summed E-state index contributed by atoms with van der Waals surface area (Å²) in [7, 11) is 0. The van der Waals surface area contributed by atoms with Gasteiger partial charge in [-0.05, 0) is 19.1 Å². The van der Waals surface area contributed by atoms with Crippen molar-refractivity contribution in [3.05, 3.63) is 47.7 Å². The molecule has 0 saturated heterocycles. The smallest absolute Gasteiger partial charge is 0.138 e. The average molecular weight is 214 g/mol. The number of aromatic hydroxyl groups is 1. The summed E-state index contributed by atoms with van der Waals surface area (Å²) < 4.78 is 0. The molecule has 3 heteroatoms. The van der Waals surface area contributed by atoms with Crippen LogP contribution >= 0.6 is 0 Å². The fourth-order valence-electron chi connectivity index (χ4n) is 1.62. The predicted octanol–water partition coefficient (Wildman–Crippen LogP) is 2.22. The molecule has 3 nitrogen and oxygen atoms in total. The molecule has 0 fully saturated rings. The number of pyridine rings is 1. The third-order valence-corrected chi connectivity index (χ3v) is 2.50. The van der Waals surface area contributed by atoms with Crippen molar-refractivity contribution in [2.75, 3.05) is 0 Å². The first-order valence-electron chi connectivity index (χ1n) is 5.15. The van der Waals surface area contributed by atoms with Crippen molar-refractivity contribution in [2.45, 2.75) is 13.5 Å². The van der Waals surface area contributed by atoms with Crippen LogP contribution < -0.4 is 5.73 Å². The highest BCUT2D eigenvalue weighted by Crippen LogP contribution is 2.23. The van der Waals surface area contributed by atoms with Gasteiger partial charge in [-0.1, -0.05) is 23.8 Å². The Hall–Kier alpha value is -1.87. The zero-order valence-electron chi connectivity index (χ0n) is 9.14. The Bertz CT molecular complexity index is 509. The molecule has 0 aliphatic carbocycles. The number of rotatable bonds is 2. The summed E-state index contributed by atoms with van der Waals surface area (Å²) in [6.45, 7) is 2.35. The van der Waals surface area contributed by atoms with Crippen LogP contribution in [-0.2, 0) is 6.54 Å². The number of benzene rings is 1. The Morgan fingerprint density at radius 2 is 2.12 bits per heavy atom. The van der Waals surface area contributed by atoms with Gasteiger partial charge in [-0.3, -0.25) is 4.98 Å². The van der Waals surface area contributed by atoms with Crippen LogP contribution in [0.5, 0.6) is 5.75 Å².